The lowest BCUT2D eigenvalue weighted by atomic mass is 10.2. The number of carbonyl (C=O) groups excluding carboxylic acids is 2. The molecule has 134 valence electrons. The number of nitrogens with one attached hydrogen (secondary N) is 2. The maximum Gasteiger partial charge on any atom is 0.235 e. The van der Waals surface area contributed by atoms with Crippen molar-refractivity contribution in [3.63, 3.8) is 0 Å². The second-order valence-corrected chi connectivity index (χ2v) is 7.61. The molecule has 0 spiro atoms. The van der Waals surface area contributed by atoms with E-state index in [0.29, 0.717) is 33.4 Å². The minimum Gasteiger partial charge on any atom is -0.491 e. The molecule has 0 aliphatic carbocycles. The lowest BCUT2D eigenvalue weighted by molar-refractivity contribution is -0.123. The number of amides is 2. The topological polar surface area (TPSA) is 80.3 Å². The smallest absolute Gasteiger partial charge is 0.235 e. The zero-order valence-corrected chi connectivity index (χ0v) is 15.8. The van der Waals surface area contributed by atoms with E-state index in [9.17, 15) is 9.59 Å². The van der Waals surface area contributed by atoms with E-state index in [2.05, 4.69) is 15.6 Å². The minimum absolute atomic E-state index is 0.325. The number of hydrogen-bond donors (Lipinski definition) is 2. The van der Waals surface area contributed by atoms with Crippen LogP contribution in [0, 0.1) is 12.8 Å². The van der Waals surface area contributed by atoms with E-state index >= 15 is 0 Å². The Morgan fingerprint density at radius 2 is 2.00 bits per heavy atom. The van der Waals surface area contributed by atoms with Gasteiger partial charge in [0.25, 0.3) is 0 Å². The fourth-order valence-electron chi connectivity index (χ4n) is 1.92. The molecular formula is C17H20ClN3O3S. The monoisotopic (exact) mass is 381 g/mol. The molecule has 6 nitrogen and oxygen atoms in total. The summed E-state index contributed by atoms with van der Waals surface area (Å²) >= 11 is 6.88. The fraction of sp³-hybridized carbons (Fsp3) is 0.353. The van der Waals surface area contributed by atoms with Crippen LogP contribution in [0.1, 0.15) is 25.8 Å². The Hall–Kier alpha value is -2.12. The normalized spacial score (nSPS) is 10.6. The van der Waals surface area contributed by atoms with Crippen LogP contribution in [0.2, 0.25) is 4.34 Å². The fourth-order valence-corrected chi connectivity index (χ4v) is 2.75. The number of benzene rings is 1. The summed E-state index contributed by atoms with van der Waals surface area (Å²) in [7, 11) is 0. The van der Waals surface area contributed by atoms with Gasteiger partial charge in [-0.2, -0.15) is 0 Å². The lowest BCUT2D eigenvalue weighted by Gasteiger charge is -2.14. The zero-order chi connectivity index (χ0) is 18.4. The van der Waals surface area contributed by atoms with Crippen molar-refractivity contribution in [3.8, 4) is 5.75 Å². The van der Waals surface area contributed by atoms with E-state index in [4.69, 9.17) is 16.3 Å². The van der Waals surface area contributed by atoms with Gasteiger partial charge in [-0.05, 0) is 30.5 Å². The van der Waals surface area contributed by atoms with Crippen LogP contribution in [0.5, 0.6) is 5.75 Å². The maximum absolute atomic E-state index is 12.1. The number of anilines is 2. The van der Waals surface area contributed by atoms with Gasteiger partial charge in [0, 0.05) is 0 Å². The largest absolute Gasteiger partial charge is 0.491 e. The third-order valence-electron chi connectivity index (χ3n) is 3.03. The highest BCUT2D eigenvalue weighted by Gasteiger charge is 2.14. The number of carbonyl (C=O) groups is 2. The van der Waals surface area contributed by atoms with Crippen LogP contribution in [0.15, 0.2) is 24.4 Å². The van der Waals surface area contributed by atoms with Gasteiger partial charge in [0.15, 0.2) is 5.13 Å². The van der Waals surface area contributed by atoms with Crippen molar-refractivity contribution >= 4 is 45.6 Å². The standard InChI is InChI=1S/C17H20ClN3O3S/c1-10(2)9-24-13-6-11(3)4-5-12(13)20-15(22)7-16(23)21-17-19-8-14(18)25-17/h4-6,8,10H,7,9H2,1-3H3,(H,20,22)(H,19,21,23). The first-order valence-corrected chi connectivity index (χ1v) is 8.97. The zero-order valence-electron chi connectivity index (χ0n) is 14.3. The number of aryl methyl sites for hydroxylation is 1. The first-order valence-electron chi connectivity index (χ1n) is 7.78. The summed E-state index contributed by atoms with van der Waals surface area (Å²) in [6, 6.07) is 5.49. The molecule has 2 amide bonds. The highest BCUT2D eigenvalue weighted by molar-refractivity contribution is 7.19. The molecule has 2 rings (SSSR count). The molecule has 0 fully saturated rings. The predicted molar refractivity (Wildman–Crippen MR) is 101 cm³/mol. The molecule has 1 heterocycles. The predicted octanol–water partition coefficient (Wildman–Crippen LogP) is 4.11. The highest BCUT2D eigenvalue weighted by atomic mass is 35.5. The van der Waals surface area contributed by atoms with Gasteiger partial charge < -0.3 is 15.4 Å². The van der Waals surface area contributed by atoms with Crippen LogP contribution >= 0.6 is 22.9 Å². The van der Waals surface area contributed by atoms with Crippen LogP contribution in [0.25, 0.3) is 0 Å². The SMILES string of the molecule is Cc1ccc(NC(=O)CC(=O)Nc2ncc(Cl)s2)c(OCC(C)C)c1. The van der Waals surface area contributed by atoms with Crippen molar-refractivity contribution in [2.24, 2.45) is 5.92 Å². The number of aromatic nitrogens is 1. The third kappa shape index (κ3) is 6.36. The van der Waals surface area contributed by atoms with Gasteiger partial charge in [0.2, 0.25) is 11.8 Å². The van der Waals surface area contributed by atoms with Crippen molar-refractivity contribution in [2.75, 3.05) is 17.2 Å². The Labute approximate surface area is 155 Å². The number of nitrogens with zero attached hydrogens (tertiary/aromatic N) is 1. The molecule has 2 N–H and O–H groups in total. The van der Waals surface area contributed by atoms with Gasteiger partial charge in [-0.1, -0.05) is 42.9 Å². The van der Waals surface area contributed by atoms with Crippen LogP contribution in [0.3, 0.4) is 0 Å². The van der Waals surface area contributed by atoms with Crippen LogP contribution in [0.4, 0.5) is 10.8 Å². The Morgan fingerprint density at radius 1 is 1.28 bits per heavy atom. The van der Waals surface area contributed by atoms with Crippen molar-refractivity contribution in [1.29, 1.82) is 0 Å². The van der Waals surface area contributed by atoms with Gasteiger partial charge in [-0.3, -0.25) is 9.59 Å². The van der Waals surface area contributed by atoms with Gasteiger partial charge >= 0.3 is 0 Å². The van der Waals surface area contributed by atoms with E-state index < -0.39 is 11.8 Å². The molecular weight excluding hydrogens is 362 g/mol. The molecule has 8 heteroatoms. The second kappa shape index (κ2) is 8.82. The molecule has 1 aromatic heterocycles. The molecule has 0 aliphatic heterocycles. The molecule has 0 atom stereocenters. The van der Waals surface area contributed by atoms with E-state index in [-0.39, 0.29) is 6.42 Å². The number of rotatable bonds is 7. The summed E-state index contributed by atoms with van der Waals surface area (Å²) in [4.78, 5) is 27.9. The number of thiazole rings is 1. The molecule has 0 saturated heterocycles. The number of ether oxygens (including phenoxy) is 1. The molecule has 0 aliphatic rings. The van der Waals surface area contributed by atoms with E-state index in [0.717, 1.165) is 16.9 Å². The molecule has 2 aromatic rings. The van der Waals surface area contributed by atoms with Crippen molar-refractivity contribution in [1.82, 2.24) is 4.98 Å². The van der Waals surface area contributed by atoms with Crippen LogP contribution in [-0.2, 0) is 9.59 Å². The summed E-state index contributed by atoms with van der Waals surface area (Å²) in [5, 5.41) is 5.61. The minimum atomic E-state index is -0.458. The lowest BCUT2D eigenvalue weighted by Crippen LogP contribution is -2.21. The quantitative estimate of drug-likeness (QED) is 0.707. The van der Waals surface area contributed by atoms with E-state index in [1.165, 1.54) is 6.20 Å². The maximum atomic E-state index is 12.1. The summed E-state index contributed by atoms with van der Waals surface area (Å²) in [5.41, 5.74) is 1.57. The van der Waals surface area contributed by atoms with Gasteiger partial charge in [0.05, 0.1) is 18.5 Å². The highest BCUT2D eigenvalue weighted by Crippen LogP contribution is 2.27. The first kappa shape index (κ1) is 19.2. The first-order chi connectivity index (χ1) is 11.8. The summed E-state index contributed by atoms with van der Waals surface area (Å²) < 4.78 is 6.21. The Balaban J connectivity index is 1.96. The Kier molecular flexibility index (Phi) is 6.78. The molecule has 0 bridgehead atoms. The Morgan fingerprint density at radius 3 is 2.64 bits per heavy atom. The molecule has 1 aromatic carbocycles. The van der Waals surface area contributed by atoms with Crippen LogP contribution in [-0.4, -0.2) is 23.4 Å². The average molecular weight is 382 g/mol. The summed E-state index contributed by atoms with van der Waals surface area (Å²) in [5.74, 6) is 0.0628. The van der Waals surface area contributed by atoms with E-state index in [1.807, 2.05) is 32.9 Å². The third-order valence-corrected chi connectivity index (χ3v) is 4.06. The second-order valence-electron chi connectivity index (χ2n) is 5.95. The van der Waals surface area contributed by atoms with Crippen LogP contribution < -0.4 is 15.4 Å². The summed E-state index contributed by atoms with van der Waals surface area (Å²) in [6.07, 6.45) is 1.11. The van der Waals surface area contributed by atoms with Gasteiger partial charge in [0.1, 0.15) is 16.5 Å². The average Bonchev–Trinajstić information content (AvgIpc) is 2.92. The van der Waals surface area contributed by atoms with Gasteiger partial charge in [-0.25, -0.2) is 4.98 Å². The van der Waals surface area contributed by atoms with Crippen molar-refractivity contribution < 1.29 is 14.3 Å². The van der Waals surface area contributed by atoms with Crippen molar-refractivity contribution in [3.05, 3.63) is 34.3 Å². The van der Waals surface area contributed by atoms with Gasteiger partial charge in [-0.15, -0.1) is 0 Å². The van der Waals surface area contributed by atoms with E-state index in [1.54, 1.807) is 6.07 Å². The van der Waals surface area contributed by atoms with Crippen molar-refractivity contribution in [2.45, 2.75) is 27.2 Å². The molecule has 25 heavy (non-hydrogen) atoms. The molecule has 0 unspecified atom stereocenters. The molecule has 0 radical (unpaired) electrons. The number of hydrogen-bond acceptors (Lipinski definition) is 5. The molecule has 0 saturated carbocycles. The number of halogens is 1. The Bertz CT molecular complexity index is 761. The summed E-state index contributed by atoms with van der Waals surface area (Å²) in [6.45, 7) is 6.57.